The van der Waals surface area contributed by atoms with Crippen LogP contribution in [0.3, 0.4) is 0 Å². The van der Waals surface area contributed by atoms with Gasteiger partial charge in [0, 0.05) is 76.6 Å². The van der Waals surface area contributed by atoms with Gasteiger partial charge in [-0.25, -0.2) is 13.9 Å². The Morgan fingerprint density at radius 1 is 1.05 bits per heavy atom. The van der Waals surface area contributed by atoms with Gasteiger partial charge in [0.25, 0.3) is 5.91 Å². The number of amides is 2. The molecule has 3 aliphatic heterocycles. The van der Waals surface area contributed by atoms with Gasteiger partial charge in [-0.15, -0.1) is 0 Å². The summed E-state index contributed by atoms with van der Waals surface area (Å²) in [5.41, 5.74) is 2.50. The molecule has 0 saturated carbocycles. The van der Waals surface area contributed by atoms with Crippen molar-refractivity contribution in [3.05, 3.63) is 24.3 Å². The summed E-state index contributed by atoms with van der Waals surface area (Å²) in [6.45, 7) is 9.10. The number of likely N-dealkylation sites (tertiary alicyclic amines) is 1. The van der Waals surface area contributed by atoms with Gasteiger partial charge in [0.2, 0.25) is 5.91 Å². The highest BCUT2D eigenvalue weighted by Crippen LogP contribution is 2.37. The van der Waals surface area contributed by atoms with Crippen molar-refractivity contribution in [2.24, 2.45) is 5.92 Å². The van der Waals surface area contributed by atoms with E-state index in [1.54, 1.807) is 36.9 Å². The molecule has 3 N–H and O–H groups in total. The fourth-order valence-electron chi connectivity index (χ4n) is 6.29. The molecule has 4 rings (SSSR count). The predicted octanol–water partition coefficient (Wildman–Crippen LogP) is 0.872. The van der Waals surface area contributed by atoms with Crippen LogP contribution in [-0.4, -0.2) is 112 Å². The minimum Gasteiger partial charge on any atom is -0.383 e. The zero-order valence-corrected chi connectivity index (χ0v) is 24.1. The number of nitrogens with zero attached hydrogens (tertiary/aromatic N) is 3. The molecule has 3 aliphatic rings. The summed E-state index contributed by atoms with van der Waals surface area (Å²) >= 11 is 0. The number of rotatable bonds is 8. The van der Waals surface area contributed by atoms with Crippen LogP contribution in [0.25, 0.3) is 0 Å². The van der Waals surface area contributed by atoms with E-state index in [9.17, 15) is 23.2 Å². The van der Waals surface area contributed by atoms with Crippen molar-refractivity contribution in [3.63, 3.8) is 0 Å². The lowest BCUT2D eigenvalue weighted by atomic mass is 9.94. The van der Waals surface area contributed by atoms with Gasteiger partial charge >= 0.3 is 0 Å². The van der Waals surface area contributed by atoms with Crippen molar-refractivity contribution >= 4 is 27.3 Å². The third-order valence-electron chi connectivity index (χ3n) is 8.53. The first-order valence-corrected chi connectivity index (χ1v) is 15.4. The van der Waals surface area contributed by atoms with Crippen LogP contribution < -0.4 is 15.7 Å². The SMILES string of the molecule is COCCN1CCC(C(=O)NO)(S(=O)(=O)c2ccc(N3CCC(C(=O)N4CC(C)NC(C)C4)CC3)cc2)CC1. The number of carbonyl (C=O) groups excluding carboxylic acids is 2. The van der Waals surface area contributed by atoms with Crippen molar-refractivity contribution < 1.29 is 28.0 Å². The second-order valence-corrected chi connectivity index (χ2v) is 13.5. The Bertz CT molecular complexity index is 1090. The summed E-state index contributed by atoms with van der Waals surface area (Å²) in [7, 11) is -2.46. The quantitative estimate of drug-likeness (QED) is 0.310. The van der Waals surface area contributed by atoms with Crippen LogP contribution in [0.4, 0.5) is 5.69 Å². The molecule has 11 nitrogen and oxygen atoms in total. The first-order valence-electron chi connectivity index (χ1n) is 13.9. The van der Waals surface area contributed by atoms with E-state index in [4.69, 9.17) is 4.74 Å². The molecule has 3 saturated heterocycles. The minimum atomic E-state index is -4.07. The largest absolute Gasteiger partial charge is 0.383 e. The highest BCUT2D eigenvalue weighted by atomic mass is 32.2. The van der Waals surface area contributed by atoms with E-state index < -0.39 is 20.5 Å². The third kappa shape index (κ3) is 6.25. The van der Waals surface area contributed by atoms with Crippen LogP contribution in [0.5, 0.6) is 0 Å². The van der Waals surface area contributed by atoms with Crippen LogP contribution in [0.15, 0.2) is 29.2 Å². The Morgan fingerprint density at radius 2 is 1.64 bits per heavy atom. The average Bonchev–Trinajstić information content (AvgIpc) is 2.95. The lowest BCUT2D eigenvalue weighted by Gasteiger charge is -2.40. The summed E-state index contributed by atoms with van der Waals surface area (Å²) in [5.74, 6) is -0.653. The lowest BCUT2D eigenvalue weighted by molar-refractivity contribution is -0.138. The van der Waals surface area contributed by atoms with E-state index in [1.165, 1.54) is 0 Å². The molecule has 0 aromatic heterocycles. The van der Waals surface area contributed by atoms with Crippen LogP contribution in [0, 0.1) is 5.92 Å². The summed E-state index contributed by atoms with van der Waals surface area (Å²) < 4.78 is 30.9. The first-order chi connectivity index (χ1) is 18.6. The minimum absolute atomic E-state index is 0.00464. The zero-order valence-electron chi connectivity index (χ0n) is 23.3. The third-order valence-corrected chi connectivity index (χ3v) is 11.0. The molecule has 0 aliphatic carbocycles. The monoisotopic (exact) mass is 565 g/mol. The summed E-state index contributed by atoms with van der Waals surface area (Å²) in [6.07, 6.45) is 1.68. The van der Waals surface area contributed by atoms with Crippen molar-refractivity contribution in [1.82, 2.24) is 20.6 Å². The van der Waals surface area contributed by atoms with E-state index >= 15 is 0 Å². The molecule has 12 heteroatoms. The first kappa shape index (κ1) is 29.7. The molecule has 3 heterocycles. The number of benzene rings is 1. The molecule has 218 valence electrons. The van der Waals surface area contributed by atoms with E-state index in [0.29, 0.717) is 51.4 Å². The molecule has 3 fully saturated rings. The maximum Gasteiger partial charge on any atom is 0.265 e. The Morgan fingerprint density at radius 3 is 2.18 bits per heavy atom. The molecular formula is C27H43N5O6S. The topological polar surface area (TPSA) is 132 Å². The molecule has 2 amide bonds. The lowest BCUT2D eigenvalue weighted by Crippen LogP contribution is -2.58. The smallest absolute Gasteiger partial charge is 0.265 e. The average molecular weight is 566 g/mol. The number of piperidine rings is 2. The Labute approximate surface area is 231 Å². The second-order valence-electron chi connectivity index (χ2n) is 11.2. The van der Waals surface area contributed by atoms with Crippen LogP contribution in [0.1, 0.15) is 39.5 Å². The predicted molar refractivity (Wildman–Crippen MR) is 147 cm³/mol. The van der Waals surface area contributed by atoms with Gasteiger partial charge in [-0.1, -0.05) is 0 Å². The molecule has 0 radical (unpaired) electrons. The fourth-order valence-corrected chi connectivity index (χ4v) is 8.24. The van der Waals surface area contributed by atoms with Gasteiger partial charge in [0.1, 0.15) is 0 Å². The van der Waals surface area contributed by atoms with E-state index in [1.807, 2.05) is 4.90 Å². The van der Waals surface area contributed by atoms with Crippen molar-refractivity contribution in [1.29, 1.82) is 0 Å². The number of anilines is 1. The molecule has 2 unspecified atom stereocenters. The summed E-state index contributed by atoms with van der Waals surface area (Å²) in [4.78, 5) is 32.2. The maximum absolute atomic E-state index is 13.8. The van der Waals surface area contributed by atoms with E-state index in [0.717, 1.165) is 31.6 Å². The molecule has 2 atom stereocenters. The number of methoxy groups -OCH3 is 1. The standard InChI is InChI=1S/C27H43N5O6S/c1-20-18-32(19-21(2)28-20)25(33)22-8-12-31(13-9-22)23-4-6-24(7-5-23)39(36,37)27(26(34)29-35)10-14-30(15-11-27)16-17-38-3/h4-7,20-22,28,35H,8-19H2,1-3H3,(H,29,34). The molecular weight excluding hydrogens is 522 g/mol. The molecule has 39 heavy (non-hydrogen) atoms. The van der Waals surface area contributed by atoms with Gasteiger partial charge in [0.15, 0.2) is 14.6 Å². The Hall–Kier alpha value is -2.25. The van der Waals surface area contributed by atoms with Crippen molar-refractivity contribution in [2.75, 3.05) is 64.4 Å². The van der Waals surface area contributed by atoms with Crippen LogP contribution in [0.2, 0.25) is 0 Å². The number of hydrogen-bond donors (Lipinski definition) is 3. The Kier molecular flexibility index (Phi) is 9.53. The zero-order chi connectivity index (χ0) is 28.2. The van der Waals surface area contributed by atoms with Gasteiger partial charge in [-0.2, -0.15) is 0 Å². The molecule has 1 aromatic rings. The Balaban J connectivity index is 1.40. The van der Waals surface area contributed by atoms with Crippen LogP contribution >= 0.6 is 0 Å². The van der Waals surface area contributed by atoms with Gasteiger partial charge < -0.3 is 24.8 Å². The summed E-state index contributed by atoms with van der Waals surface area (Å²) in [6, 6.07) is 7.22. The number of hydroxylamine groups is 1. The highest BCUT2D eigenvalue weighted by molar-refractivity contribution is 7.93. The van der Waals surface area contributed by atoms with E-state index in [-0.39, 0.29) is 29.6 Å². The van der Waals surface area contributed by atoms with E-state index in [2.05, 4.69) is 29.0 Å². The molecule has 0 spiro atoms. The number of carbonyl (C=O) groups is 2. The van der Waals surface area contributed by atoms with Crippen LogP contribution in [-0.2, 0) is 24.2 Å². The number of nitrogens with one attached hydrogen (secondary N) is 2. The van der Waals surface area contributed by atoms with Crippen molar-refractivity contribution in [2.45, 2.75) is 61.3 Å². The van der Waals surface area contributed by atoms with Crippen molar-refractivity contribution in [3.8, 4) is 0 Å². The van der Waals surface area contributed by atoms with Gasteiger partial charge in [-0.05, 0) is 63.8 Å². The maximum atomic E-state index is 13.8. The fraction of sp³-hybridized carbons (Fsp3) is 0.704. The number of ether oxygens (including phenoxy) is 1. The number of sulfone groups is 1. The number of piperazine rings is 1. The highest BCUT2D eigenvalue weighted by Gasteiger charge is 2.53. The number of hydrogen-bond acceptors (Lipinski definition) is 9. The second kappa shape index (κ2) is 12.5. The summed E-state index contributed by atoms with van der Waals surface area (Å²) in [5, 5.41) is 12.9. The normalized spacial score (nSPS) is 24.9. The molecule has 1 aromatic carbocycles. The van der Waals surface area contributed by atoms with Gasteiger partial charge in [-0.3, -0.25) is 14.8 Å². The molecule has 0 bridgehead atoms. The van der Waals surface area contributed by atoms with Gasteiger partial charge in [0.05, 0.1) is 11.5 Å².